The smallest absolute Gasteiger partial charge is 0.333 e. The van der Waals surface area contributed by atoms with Crippen LogP contribution < -0.4 is 0 Å². The Labute approximate surface area is 90.1 Å². The van der Waals surface area contributed by atoms with Gasteiger partial charge in [-0.2, -0.15) is 0 Å². The highest BCUT2D eigenvalue weighted by Crippen LogP contribution is 2.24. The Morgan fingerprint density at radius 3 is 1.44 bits per heavy atom. The normalized spacial score (nSPS) is 10.6. The van der Waals surface area contributed by atoms with Crippen molar-refractivity contribution in [2.24, 2.45) is 5.41 Å². The van der Waals surface area contributed by atoms with E-state index < -0.39 is 35.7 Å². The van der Waals surface area contributed by atoms with E-state index in [1.54, 1.807) is 0 Å². The monoisotopic (exact) mass is 233 g/mol. The molecule has 0 atom stereocenters. The van der Waals surface area contributed by atoms with Crippen LogP contribution in [0.2, 0.25) is 0 Å². The topological polar surface area (TPSA) is 132 Å². The third-order valence-corrected chi connectivity index (χ3v) is 2.01. The first kappa shape index (κ1) is 13.9. The highest BCUT2D eigenvalue weighted by molar-refractivity contribution is 6.18. The first-order chi connectivity index (χ1) is 7.16. The Balaban J connectivity index is 5.39. The molecule has 0 spiro atoms. The van der Waals surface area contributed by atoms with E-state index in [1.807, 2.05) is 0 Å². The van der Waals surface area contributed by atoms with Gasteiger partial charge in [0.2, 0.25) is 5.91 Å². The van der Waals surface area contributed by atoms with E-state index in [9.17, 15) is 19.2 Å². The molecular formula is C8H11NO7. The number of amides is 1. The van der Waals surface area contributed by atoms with Crippen molar-refractivity contribution in [3.8, 4) is 0 Å². The number of hydrogen-bond acceptors (Lipinski definition) is 4. The number of nitrogens with zero attached hydrogens (tertiary/aromatic N) is 1. The summed E-state index contributed by atoms with van der Waals surface area (Å²) in [4.78, 5) is 44.3. The van der Waals surface area contributed by atoms with Crippen LogP contribution in [0.3, 0.4) is 0 Å². The number of carboxylic acid groups (broad SMARTS) is 3. The Morgan fingerprint density at radius 1 is 0.938 bits per heavy atom. The van der Waals surface area contributed by atoms with Crippen molar-refractivity contribution in [2.75, 3.05) is 14.1 Å². The molecule has 0 aromatic rings. The van der Waals surface area contributed by atoms with Crippen molar-refractivity contribution >= 4 is 23.8 Å². The highest BCUT2D eigenvalue weighted by Gasteiger charge is 2.56. The summed E-state index contributed by atoms with van der Waals surface area (Å²) >= 11 is 0. The average molecular weight is 233 g/mol. The lowest BCUT2D eigenvalue weighted by Gasteiger charge is -2.21. The molecule has 1 amide bonds. The van der Waals surface area contributed by atoms with Crippen LogP contribution in [-0.4, -0.2) is 58.1 Å². The lowest BCUT2D eigenvalue weighted by molar-refractivity contribution is -0.178. The van der Waals surface area contributed by atoms with Crippen molar-refractivity contribution in [3.05, 3.63) is 0 Å². The van der Waals surface area contributed by atoms with Crippen molar-refractivity contribution in [1.82, 2.24) is 4.90 Å². The molecule has 0 aliphatic rings. The predicted molar refractivity (Wildman–Crippen MR) is 48.7 cm³/mol. The summed E-state index contributed by atoms with van der Waals surface area (Å²) in [5.41, 5.74) is -3.14. The summed E-state index contributed by atoms with van der Waals surface area (Å²) in [5.74, 6) is -7.14. The van der Waals surface area contributed by atoms with E-state index in [1.165, 1.54) is 14.1 Å². The Hall–Kier alpha value is -2.12. The summed E-state index contributed by atoms with van der Waals surface area (Å²) in [6, 6.07) is 0. The van der Waals surface area contributed by atoms with E-state index in [0.717, 1.165) is 4.90 Å². The zero-order valence-electron chi connectivity index (χ0n) is 8.63. The minimum atomic E-state index is -3.14. The first-order valence-corrected chi connectivity index (χ1v) is 4.06. The quantitative estimate of drug-likeness (QED) is 0.503. The van der Waals surface area contributed by atoms with Gasteiger partial charge in [0.15, 0.2) is 0 Å². The molecule has 90 valence electrons. The minimum Gasteiger partial charge on any atom is -0.480 e. The number of carbonyl (C=O) groups excluding carboxylic acids is 1. The second-order valence-corrected chi connectivity index (χ2v) is 3.29. The third kappa shape index (κ3) is 2.27. The zero-order chi connectivity index (χ0) is 13.1. The molecule has 0 rings (SSSR count). The molecule has 0 aromatic carbocycles. The maximum Gasteiger partial charge on any atom is 0.333 e. The van der Waals surface area contributed by atoms with Crippen LogP contribution in [0, 0.1) is 5.41 Å². The summed E-state index contributed by atoms with van der Waals surface area (Å²) in [7, 11) is 2.53. The van der Waals surface area contributed by atoms with E-state index >= 15 is 0 Å². The van der Waals surface area contributed by atoms with Crippen molar-refractivity contribution in [1.29, 1.82) is 0 Å². The molecular weight excluding hydrogens is 222 g/mol. The van der Waals surface area contributed by atoms with Crippen molar-refractivity contribution in [2.45, 2.75) is 6.42 Å². The SMILES string of the molecule is CN(C)C(=O)CC(C(=O)O)(C(=O)O)C(=O)O. The molecule has 0 aliphatic heterocycles. The molecule has 0 bridgehead atoms. The maximum absolute atomic E-state index is 11.2. The van der Waals surface area contributed by atoms with Gasteiger partial charge in [-0.15, -0.1) is 0 Å². The molecule has 0 aromatic heterocycles. The lowest BCUT2D eigenvalue weighted by atomic mass is 9.84. The van der Waals surface area contributed by atoms with Crippen LogP contribution in [0.5, 0.6) is 0 Å². The fraction of sp³-hybridized carbons (Fsp3) is 0.500. The van der Waals surface area contributed by atoms with Gasteiger partial charge in [-0.3, -0.25) is 19.2 Å². The van der Waals surface area contributed by atoms with Gasteiger partial charge >= 0.3 is 17.9 Å². The van der Waals surface area contributed by atoms with Crippen LogP contribution in [0.4, 0.5) is 0 Å². The number of rotatable bonds is 5. The van der Waals surface area contributed by atoms with Crippen LogP contribution >= 0.6 is 0 Å². The van der Waals surface area contributed by atoms with Gasteiger partial charge in [0.25, 0.3) is 5.41 Å². The van der Waals surface area contributed by atoms with Crippen molar-refractivity contribution < 1.29 is 34.5 Å². The van der Waals surface area contributed by atoms with Crippen LogP contribution in [0.15, 0.2) is 0 Å². The molecule has 0 saturated carbocycles. The maximum atomic E-state index is 11.2. The first-order valence-electron chi connectivity index (χ1n) is 4.06. The lowest BCUT2D eigenvalue weighted by Crippen LogP contribution is -2.49. The summed E-state index contributed by atoms with van der Waals surface area (Å²) in [6.45, 7) is 0. The molecule has 0 radical (unpaired) electrons. The molecule has 16 heavy (non-hydrogen) atoms. The second kappa shape index (κ2) is 4.60. The van der Waals surface area contributed by atoms with Crippen LogP contribution in [-0.2, 0) is 19.2 Å². The van der Waals surface area contributed by atoms with Gasteiger partial charge < -0.3 is 20.2 Å². The van der Waals surface area contributed by atoms with Gasteiger partial charge in [-0.25, -0.2) is 0 Å². The summed E-state index contributed by atoms with van der Waals surface area (Å²) < 4.78 is 0. The Bertz CT molecular complexity index is 310. The molecule has 0 saturated heterocycles. The fourth-order valence-corrected chi connectivity index (χ4v) is 0.886. The number of carbonyl (C=O) groups is 4. The van der Waals surface area contributed by atoms with Crippen molar-refractivity contribution in [3.63, 3.8) is 0 Å². The summed E-state index contributed by atoms with van der Waals surface area (Å²) in [6.07, 6.45) is -1.14. The van der Waals surface area contributed by atoms with Gasteiger partial charge in [0.1, 0.15) is 0 Å². The standard InChI is InChI=1S/C8H11NO7/c1-9(2)4(10)3-8(5(11)12,6(13)14)7(15)16/h3H2,1-2H3,(H,11,12)(H,13,14)(H,15,16). The Morgan fingerprint density at radius 2 is 1.25 bits per heavy atom. The molecule has 8 nitrogen and oxygen atoms in total. The van der Waals surface area contributed by atoms with E-state index in [-0.39, 0.29) is 0 Å². The van der Waals surface area contributed by atoms with Crippen LogP contribution in [0.1, 0.15) is 6.42 Å². The van der Waals surface area contributed by atoms with Gasteiger partial charge in [0, 0.05) is 14.1 Å². The van der Waals surface area contributed by atoms with Gasteiger partial charge in [-0.1, -0.05) is 0 Å². The Kier molecular flexibility index (Phi) is 3.99. The highest BCUT2D eigenvalue weighted by atomic mass is 16.4. The molecule has 0 fully saturated rings. The largest absolute Gasteiger partial charge is 0.480 e. The zero-order valence-corrected chi connectivity index (χ0v) is 8.63. The van der Waals surface area contributed by atoms with E-state index in [4.69, 9.17) is 15.3 Å². The molecule has 3 N–H and O–H groups in total. The van der Waals surface area contributed by atoms with Gasteiger partial charge in [0.05, 0.1) is 6.42 Å². The molecule has 0 unspecified atom stereocenters. The average Bonchev–Trinajstić information content (AvgIpc) is 2.11. The number of carboxylic acids is 3. The predicted octanol–water partition coefficient (Wildman–Crippen LogP) is -1.30. The minimum absolute atomic E-state index is 0.896. The number of aliphatic carboxylic acids is 3. The number of hydrogen-bond donors (Lipinski definition) is 3. The van der Waals surface area contributed by atoms with E-state index in [0.29, 0.717) is 0 Å². The van der Waals surface area contributed by atoms with Gasteiger partial charge in [-0.05, 0) is 0 Å². The molecule has 0 heterocycles. The molecule has 8 heteroatoms. The third-order valence-electron chi connectivity index (χ3n) is 2.01. The fourth-order valence-electron chi connectivity index (χ4n) is 0.886. The van der Waals surface area contributed by atoms with E-state index in [2.05, 4.69) is 0 Å². The summed E-state index contributed by atoms with van der Waals surface area (Å²) in [5, 5.41) is 26.0. The van der Waals surface area contributed by atoms with Crippen LogP contribution in [0.25, 0.3) is 0 Å². The molecule has 0 aliphatic carbocycles. The second-order valence-electron chi connectivity index (χ2n) is 3.29.